The maximum absolute atomic E-state index is 12.0. The Labute approximate surface area is 242 Å². The van der Waals surface area contributed by atoms with Crippen LogP contribution in [0.3, 0.4) is 0 Å². The highest BCUT2D eigenvalue weighted by molar-refractivity contribution is 6.32. The second kappa shape index (κ2) is 11.8. The number of likely N-dealkylation sites (N-methyl/N-ethyl adjacent to an activating group) is 1. The molecule has 1 N–H and O–H groups in total. The normalized spacial score (nSPS) is 18.9. The zero-order chi connectivity index (χ0) is 28.3. The first-order valence-electron chi connectivity index (χ1n) is 13.6. The van der Waals surface area contributed by atoms with Crippen molar-refractivity contribution in [1.82, 2.24) is 24.8 Å². The van der Waals surface area contributed by atoms with Crippen molar-refractivity contribution in [3.05, 3.63) is 81.9 Å². The number of nitro groups is 1. The lowest BCUT2D eigenvalue weighted by molar-refractivity contribution is -0.385. The largest absolute Gasteiger partial charge is 0.486 e. The number of aromatic nitrogens is 3. The van der Waals surface area contributed by atoms with Crippen molar-refractivity contribution in [3.8, 4) is 11.5 Å². The molecule has 0 saturated carbocycles. The summed E-state index contributed by atoms with van der Waals surface area (Å²) in [5.74, 6) is 1.12. The molecule has 2 aromatic heterocycles. The average Bonchev–Trinajstić information content (AvgIpc) is 3.55. The Morgan fingerprint density at radius 1 is 1.05 bits per heavy atom. The molecule has 2 unspecified atom stereocenters. The van der Waals surface area contributed by atoms with Crippen LogP contribution < -0.4 is 14.8 Å². The second-order valence-corrected chi connectivity index (χ2v) is 10.7. The van der Waals surface area contributed by atoms with Gasteiger partial charge in [-0.15, -0.1) is 0 Å². The maximum Gasteiger partial charge on any atom is 0.311 e. The predicted molar refractivity (Wildman–Crippen MR) is 156 cm³/mol. The highest BCUT2D eigenvalue weighted by Crippen LogP contribution is 2.36. The maximum atomic E-state index is 12.0. The number of ether oxygens (including phenoxy) is 2. The van der Waals surface area contributed by atoms with Crippen LogP contribution in [0.1, 0.15) is 18.5 Å². The summed E-state index contributed by atoms with van der Waals surface area (Å²) in [6.45, 7) is 3.50. The summed E-state index contributed by atoms with van der Waals surface area (Å²) < 4.78 is 11.8. The second-order valence-electron chi connectivity index (χ2n) is 10.3. The summed E-state index contributed by atoms with van der Waals surface area (Å²) in [7, 11) is 2.18. The van der Waals surface area contributed by atoms with Gasteiger partial charge in [0, 0.05) is 49.2 Å². The lowest BCUT2D eigenvalue weighted by atomic mass is 10.1. The van der Waals surface area contributed by atoms with Crippen LogP contribution in [0.5, 0.6) is 11.5 Å². The molecule has 6 rings (SSSR count). The molecular weight excluding hydrogens is 546 g/mol. The van der Waals surface area contributed by atoms with E-state index in [1.165, 1.54) is 12.4 Å². The summed E-state index contributed by atoms with van der Waals surface area (Å²) in [4.78, 5) is 29.3. The molecule has 212 valence electrons. The molecular formula is C29H30ClN7O4. The number of hydrogen-bond acceptors (Lipinski definition) is 10. The zero-order valence-electron chi connectivity index (χ0n) is 22.6. The molecule has 2 atom stereocenters. The number of hydrogen-bond donors (Lipinski definition) is 1. The topological polar surface area (TPSA) is 119 Å². The minimum absolute atomic E-state index is 0.133. The van der Waals surface area contributed by atoms with Crippen molar-refractivity contribution < 1.29 is 14.4 Å². The molecule has 2 aromatic carbocycles. The monoisotopic (exact) mass is 575 g/mol. The molecule has 2 aliphatic rings. The lowest BCUT2D eigenvalue weighted by Crippen LogP contribution is -2.37. The van der Waals surface area contributed by atoms with Gasteiger partial charge in [0.05, 0.1) is 26.5 Å². The molecule has 2 saturated heterocycles. The summed E-state index contributed by atoms with van der Waals surface area (Å²) in [6, 6.07) is 15.1. The van der Waals surface area contributed by atoms with Gasteiger partial charge in [-0.1, -0.05) is 17.7 Å². The third kappa shape index (κ3) is 5.88. The van der Waals surface area contributed by atoms with Crippen LogP contribution in [-0.4, -0.2) is 75.0 Å². The molecule has 12 heteroatoms. The smallest absolute Gasteiger partial charge is 0.311 e. The van der Waals surface area contributed by atoms with E-state index in [0.29, 0.717) is 51.9 Å². The fourth-order valence-corrected chi connectivity index (χ4v) is 5.97. The van der Waals surface area contributed by atoms with Crippen molar-refractivity contribution >= 4 is 39.7 Å². The highest BCUT2D eigenvalue weighted by Gasteiger charge is 2.40. The number of benzene rings is 2. The van der Waals surface area contributed by atoms with E-state index in [0.717, 1.165) is 38.2 Å². The van der Waals surface area contributed by atoms with Crippen LogP contribution >= 0.6 is 11.6 Å². The van der Waals surface area contributed by atoms with Gasteiger partial charge in [-0.05, 0) is 56.8 Å². The van der Waals surface area contributed by atoms with Gasteiger partial charge in [-0.2, -0.15) is 0 Å². The molecule has 2 fully saturated rings. The predicted octanol–water partition coefficient (Wildman–Crippen LogP) is 5.07. The van der Waals surface area contributed by atoms with Crippen LogP contribution in [0, 0.1) is 10.1 Å². The summed E-state index contributed by atoms with van der Waals surface area (Å²) in [6.07, 6.45) is 5.41. The van der Waals surface area contributed by atoms with Gasteiger partial charge in [0.25, 0.3) is 0 Å². The van der Waals surface area contributed by atoms with Crippen LogP contribution in [0.15, 0.2) is 61.1 Å². The van der Waals surface area contributed by atoms with E-state index < -0.39 is 4.92 Å². The minimum Gasteiger partial charge on any atom is -0.486 e. The van der Waals surface area contributed by atoms with E-state index in [1.54, 1.807) is 30.5 Å². The van der Waals surface area contributed by atoms with E-state index in [9.17, 15) is 10.1 Å². The third-order valence-corrected chi connectivity index (χ3v) is 8.11. The number of pyridine rings is 1. The summed E-state index contributed by atoms with van der Waals surface area (Å²) in [5, 5.41) is 16.1. The average molecular weight is 576 g/mol. The molecule has 11 nitrogen and oxygen atoms in total. The first kappa shape index (κ1) is 27.1. The SMILES string of the molecule is CN1CCC2C1CCN2CCOc1cc2ncnc(Nc3ccc(OCc4ccccn4)c(Cl)c3)c2cc1[N+](=O)[O-]. The molecule has 4 heterocycles. The zero-order valence-corrected chi connectivity index (χ0v) is 23.3. The first-order valence-corrected chi connectivity index (χ1v) is 13.9. The van der Waals surface area contributed by atoms with Gasteiger partial charge in [-0.3, -0.25) is 20.0 Å². The Kier molecular flexibility index (Phi) is 7.82. The third-order valence-electron chi connectivity index (χ3n) is 7.81. The summed E-state index contributed by atoms with van der Waals surface area (Å²) in [5.41, 5.74) is 1.83. The number of anilines is 2. The molecule has 4 aromatic rings. The number of nitrogens with zero attached hydrogens (tertiary/aromatic N) is 6. The van der Waals surface area contributed by atoms with Gasteiger partial charge < -0.3 is 19.7 Å². The van der Waals surface area contributed by atoms with Gasteiger partial charge in [-0.25, -0.2) is 9.97 Å². The van der Waals surface area contributed by atoms with Crippen LogP contribution in [-0.2, 0) is 6.61 Å². The molecule has 2 aliphatic heterocycles. The Hall–Kier alpha value is -4.06. The quantitative estimate of drug-likeness (QED) is 0.203. The Morgan fingerprint density at radius 3 is 2.73 bits per heavy atom. The van der Waals surface area contributed by atoms with E-state index in [4.69, 9.17) is 21.1 Å². The Morgan fingerprint density at radius 2 is 1.93 bits per heavy atom. The fourth-order valence-electron chi connectivity index (χ4n) is 5.74. The van der Waals surface area contributed by atoms with Gasteiger partial charge in [0.15, 0.2) is 5.75 Å². The van der Waals surface area contributed by atoms with Gasteiger partial charge in [0.2, 0.25) is 0 Å². The van der Waals surface area contributed by atoms with Crippen molar-refractivity contribution in [2.24, 2.45) is 0 Å². The van der Waals surface area contributed by atoms with Crippen molar-refractivity contribution in [3.63, 3.8) is 0 Å². The fraction of sp³-hybridized carbons (Fsp3) is 0.345. The van der Waals surface area contributed by atoms with Crippen molar-refractivity contribution in [2.75, 3.05) is 38.6 Å². The number of likely N-dealkylation sites (tertiary alicyclic amines) is 2. The number of rotatable bonds is 10. The van der Waals surface area contributed by atoms with E-state index in [1.807, 2.05) is 18.2 Å². The molecule has 0 radical (unpaired) electrons. The molecule has 41 heavy (non-hydrogen) atoms. The van der Waals surface area contributed by atoms with Crippen LogP contribution in [0.2, 0.25) is 5.02 Å². The van der Waals surface area contributed by atoms with Crippen molar-refractivity contribution in [2.45, 2.75) is 31.5 Å². The molecule has 0 amide bonds. The van der Waals surface area contributed by atoms with Crippen molar-refractivity contribution in [1.29, 1.82) is 0 Å². The van der Waals surface area contributed by atoms with E-state index >= 15 is 0 Å². The first-order chi connectivity index (χ1) is 20.0. The van der Waals surface area contributed by atoms with Crippen LogP contribution in [0.25, 0.3) is 10.9 Å². The van der Waals surface area contributed by atoms with Crippen LogP contribution in [0.4, 0.5) is 17.2 Å². The van der Waals surface area contributed by atoms with Gasteiger partial charge >= 0.3 is 5.69 Å². The minimum atomic E-state index is -0.437. The number of halogens is 1. The Bertz CT molecular complexity index is 1560. The number of nitrogens with one attached hydrogen (secondary N) is 1. The molecule has 0 spiro atoms. The molecule has 0 bridgehead atoms. The lowest BCUT2D eigenvalue weighted by Gasteiger charge is -2.23. The number of fused-ring (bicyclic) bond motifs is 2. The highest BCUT2D eigenvalue weighted by atomic mass is 35.5. The standard InChI is InChI=1S/C29H30ClN7O4/c1-35-10-7-25-24(35)8-11-36(25)12-13-40-28-16-23-21(15-26(28)37(38)39)29(33-18-32-23)34-19-5-6-27(22(30)14-19)41-17-20-4-2-3-9-31-20/h2-6,9,14-16,18,24-25H,7-8,10-13,17H2,1H3,(H,32,33,34). The van der Waals surface area contributed by atoms with E-state index in [-0.39, 0.29) is 18.0 Å². The Balaban J connectivity index is 1.16. The summed E-state index contributed by atoms with van der Waals surface area (Å²) >= 11 is 6.47. The van der Waals surface area contributed by atoms with E-state index in [2.05, 4.69) is 37.1 Å². The molecule has 0 aliphatic carbocycles. The number of nitro benzene ring substituents is 1. The van der Waals surface area contributed by atoms with Gasteiger partial charge in [0.1, 0.15) is 31.1 Å².